The molecular weight excluding hydrogens is 701 g/mol. The van der Waals surface area contributed by atoms with Crippen molar-refractivity contribution in [3.8, 4) is 17.4 Å². The molecule has 0 amide bonds. The van der Waals surface area contributed by atoms with Gasteiger partial charge in [-0.15, -0.1) is 0 Å². The molecule has 0 saturated heterocycles. The monoisotopic (exact) mass is 740 g/mol. The van der Waals surface area contributed by atoms with E-state index in [0.717, 1.165) is 31.7 Å². The van der Waals surface area contributed by atoms with E-state index in [4.69, 9.17) is 26.1 Å². The number of phenols is 1. The highest BCUT2D eigenvalue weighted by Gasteiger charge is 2.34. The molecule has 0 spiro atoms. The molecule has 3 aromatic rings. The molecule has 0 fully saturated rings. The number of unbranched alkanes of at least 4 members (excludes halogenated alkanes) is 2. The first-order valence-electron chi connectivity index (χ1n) is 16.6. The van der Waals surface area contributed by atoms with Gasteiger partial charge in [-0.3, -0.25) is 9.59 Å². The molecule has 276 valence electrons. The fraction of sp³-hybridized carbons (Fsp3) is 0.333. The van der Waals surface area contributed by atoms with E-state index in [1.165, 1.54) is 37.3 Å². The normalized spacial score (nSPS) is 14.0. The third kappa shape index (κ3) is 9.86. The van der Waals surface area contributed by atoms with Crippen molar-refractivity contribution in [2.75, 3.05) is 13.7 Å². The lowest BCUT2D eigenvalue weighted by Crippen LogP contribution is -2.44. The summed E-state index contributed by atoms with van der Waals surface area (Å²) < 4.78 is 62.2. The summed E-state index contributed by atoms with van der Waals surface area (Å²) >= 11 is 5.22. The molecule has 0 saturated carbocycles. The molecule has 0 bridgehead atoms. The predicted molar refractivity (Wildman–Crippen MR) is 192 cm³/mol. The van der Waals surface area contributed by atoms with Gasteiger partial charge in [0.2, 0.25) is 0 Å². The Morgan fingerprint density at radius 2 is 1.90 bits per heavy atom. The van der Waals surface area contributed by atoms with Crippen molar-refractivity contribution >= 4 is 41.2 Å². The SMILES string of the molecule is CCCc1c(OCCCC/C=C\C=C\[C@H](c2c(OC(=O)OC)oc3c(c2=O)=CCC(=S)C=3)[C@H](O)c2cccc(C(F)(F)F)c2)ccc(C(C)=O)c1O. The number of benzene rings is 2. The van der Waals surface area contributed by atoms with Gasteiger partial charge >= 0.3 is 18.3 Å². The average Bonchev–Trinajstić information content (AvgIpc) is 3.10. The zero-order chi connectivity index (χ0) is 38.0. The van der Waals surface area contributed by atoms with Crippen LogP contribution in [-0.4, -0.2) is 40.7 Å². The molecule has 1 aromatic heterocycles. The Bertz CT molecular complexity index is 2050. The van der Waals surface area contributed by atoms with Gasteiger partial charge in [0.25, 0.3) is 0 Å². The first kappa shape index (κ1) is 39.8. The zero-order valence-corrected chi connectivity index (χ0v) is 29.6. The van der Waals surface area contributed by atoms with E-state index in [0.29, 0.717) is 48.5 Å². The minimum atomic E-state index is -4.69. The van der Waals surface area contributed by atoms with Gasteiger partial charge in [-0.2, -0.15) is 13.2 Å². The maximum absolute atomic E-state index is 13.9. The summed E-state index contributed by atoms with van der Waals surface area (Å²) in [5, 5.41) is 22.2. The summed E-state index contributed by atoms with van der Waals surface area (Å²) in [5.74, 6) is -1.71. The van der Waals surface area contributed by atoms with Gasteiger partial charge in [-0.25, -0.2) is 4.79 Å². The number of ether oxygens (including phenoxy) is 3. The van der Waals surface area contributed by atoms with Crippen LogP contribution < -0.4 is 25.5 Å². The second-order valence-electron chi connectivity index (χ2n) is 12.0. The van der Waals surface area contributed by atoms with Crippen molar-refractivity contribution < 1.29 is 51.6 Å². The molecule has 1 aliphatic carbocycles. The van der Waals surface area contributed by atoms with Crippen molar-refractivity contribution in [2.24, 2.45) is 0 Å². The Morgan fingerprint density at radius 1 is 1.13 bits per heavy atom. The zero-order valence-electron chi connectivity index (χ0n) is 28.8. The van der Waals surface area contributed by atoms with Gasteiger partial charge in [0.1, 0.15) is 16.9 Å². The summed E-state index contributed by atoms with van der Waals surface area (Å²) in [4.78, 5) is 38.4. The minimum Gasteiger partial charge on any atom is -0.507 e. The smallest absolute Gasteiger partial charge is 0.507 e. The van der Waals surface area contributed by atoms with Crippen LogP contribution in [0.3, 0.4) is 0 Å². The molecule has 0 unspecified atom stereocenters. The van der Waals surface area contributed by atoms with E-state index >= 15 is 0 Å². The molecule has 1 aliphatic rings. The number of fused-ring (bicyclic) bond motifs is 1. The Balaban J connectivity index is 1.57. The summed E-state index contributed by atoms with van der Waals surface area (Å²) in [6.07, 6.45) is 5.29. The van der Waals surface area contributed by atoms with Crippen LogP contribution in [0.2, 0.25) is 0 Å². The summed E-state index contributed by atoms with van der Waals surface area (Å²) in [6, 6.07) is 7.31. The summed E-state index contributed by atoms with van der Waals surface area (Å²) in [7, 11) is 1.04. The number of aliphatic hydroxyl groups is 1. The third-order valence-electron chi connectivity index (χ3n) is 8.26. The van der Waals surface area contributed by atoms with E-state index in [9.17, 15) is 37.8 Å². The fourth-order valence-electron chi connectivity index (χ4n) is 5.65. The number of ketones is 1. The second-order valence-corrected chi connectivity index (χ2v) is 12.5. The Hall–Kier alpha value is -5.01. The molecule has 52 heavy (non-hydrogen) atoms. The second kappa shape index (κ2) is 18.0. The maximum atomic E-state index is 13.9. The van der Waals surface area contributed by atoms with E-state index in [2.05, 4.69) is 4.74 Å². The highest BCUT2D eigenvalue weighted by molar-refractivity contribution is 7.81. The summed E-state index contributed by atoms with van der Waals surface area (Å²) in [6.45, 7) is 3.71. The molecule has 1 heterocycles. The molecule has 13 heteroatoms. The highest BCUT2D eigenvalue weighted by atomic mass is 32.1. The fourth-order valence-corrected chi connectivity index (χ4v) is 5.84. The van der Waals surface area contributed by atoms with Crippen LogP contribution in [0.1, 0.15) is 90.6 Å². The molecule has 9 nitrogen and oxygen atoms in total. The lowest BCUT2D eigenvalue weighted by molar-refractivity contribution is -0.137. The lowest BCUT2D eigenvalue weighted by atomic mass is 9.88. The molecule has 2 N–H and O–H groups in total. The largest absolute Gasteiger partial charge is 0.516 e. The van der Waals surface area contributed by atoms with E-state index in [-0.39, 0.29) is 45.3 Å². The maximum Gasteiger partial charge on any atom is 0.516 e. The quantitative estimate of drug-likeness (QED) is 0.0543. The van der Waals surface area contributed by atoms with Crippen LogP contribution in [0.5, 0.6) is 17.4 Å². The van der Waals surface area contributed by atoms with Crippen molar-refractivity contribution in [3.05, 3.63) is 109 Å². The van der Waals surface area contributed by atoms with Crippen molar-refractivity contribution in [1.29, 1.82) is 0 Å². The van der Waals surface area contributed by atoms with Crippen LogP contribution in [-0.2, 0) is 17.3 Å². The number of halogens is 3. The van der Waals surface area contributed by atoms with E-state index in [1.54, 1.807) is 18.2 Å². The first-order chi connectivity index (χ1) is 24.8. The number of hydrogen-bond acceptors (Lipinski definition) is 10. The number of carbonyl (C=O) groups excluding carboxylic acids is 2. The number of aliphatic hydroxyl groups excluding tert-OH is 1. The molecule has 2 atom stereocenters. The Kier molecular flexibility index (Phi) is 13.7. The Labute approximate surface area is 303 Å². The molecule has 2 aromatic carbocycles. The number of Topliss-reactive ketones (excluding diaryl/α,β-unsaturated/α-hetero) is 1. The summed E-state index contributed by atoms with van der Waals surface area (Å²) in [5.41, 5.74) is -1.25. The van der Waals surface area contributed by atoms with Gasteiger partial charge in [-0.1, -0.05) is 68.1 Å². The molecule has 0 aliphatic heterocycles. The number of phenolic OH excluding ortho intramolecular Hbond substituents is 1. The molecule has 4 rings (SSSR count). The van der Waals surface area contributed by atoms with Crippen LogP contribution >= 0.6 is 12.2 Å². The van der Waals surface area contributed by atoms with Gasteiger partial charge < -0.3 is 28.8 Å². The van der Waals surface area contributed by atoms with Gasteiger partial charge in [0.05, 0.1) is 41.7 Å². The highest BCUT2D eigenvalue weighted by Crippen LogP contribution is 2.38. The molecule has 0 radical (unpaired) electrons. The Morgan fingerprint density at radius 3 is 2.60 bits per heavy atom. The third-order valence-corrected chi connectivity index (χ3v) is 8.54. The minimum absolute atomic E-state index is 0.0236. The van der Waals surface area contributed by atoms with Crippen molar-refractivity contribution in [1.82, 2.24) is 0 Å². The molecular formula is C39H39F3O9S. The van der Waals surface area contributed by atoms with Crippen LogP contribution in [0.4, 0.5) is 18.0 Å². The first-order valence-corrected chi connectivity index (χ1v) is 17.0. The van der Waals surface area contributed by atoms with Crippen LogP contribution in [0.15, 0.2) is 69.9 Å². The van der Waals surface area contributed by atoms with Crippen molar-refractivity contribution in [3.63, 3.8) is 0 Å². The number of hydrogen-bond donors (Lipinski definition) is 2. The van der Waals surface area contributed by atoms with Gasteiger partial charge in [0.15, 0.2) is 11.2 Å². The number of allylic oxidation sites excluding steroid dienone is 3. The number of thiocarbonyl (C=S) groups is 1. The predicted octanol–water partition coefficient (Wildman–Crippen LogP) is 7.18. The van der Waals surface area contributed by atoms with Gasteiger partial charge in [-0.05, 0) is 68.5 Å². The number of methoxy groups -OCH3 is 1. The number of alkyl halides is 3. The standard InChI is InChI=1S/C39H39F3O9S/c1-4-12-28-31(19-18-27(23(2)43)35(28)45)49-20-10-8-6-5-7-9-15-30(34(44)24-13-11-14-25(21-24)39(40,41)42)33-36(46)29-17-16-26(52)22-32(29)50-37(33)51-38(47)48-3/h5,7,9,11,13-15,17-19,21-22,30,34,44-45H,4,6,8,10,12,16,20H2,1-3H3/b7-5-,15-9+/t30-,34-/m1/s1. The lowest BCUT2D eigenvalue weighted by Gasteiger charge is -2.22. The number of rotatable bonds is 15. The topological polar surface area (TPSA) is 132 Å². The average molecular weight is 741 g/mol. The number of carbonyl (C=O) groups is 2. The van der Waals surface area contributed by atoms with E-state index < -0.39 is 41.3 Å². The van der Waals surface area contributed by atoms with Gasteiger partial charge in [0, 0.05) is 22.8 Å². The van der Waals surface area contributed by atoms with Crippen LogP contribution in [0.25, 0.3) is 12.2 Å². The van der Waals surface area contributed by atoms with E-state index in [1.807, 2.05) is 13.0 Å². The van der Waals surface area contributed by atoms with Crippen LogP contribution in [0, 0.1) is 0 Å². The van der Waals surface area contributed by atoms with Crippen molar-refractivity contribution in [2.45, 2.75) is 70.6 Å². The number of aromatic hydroxyl groups is 1.